The molecular formula is C21H27N3O2. The lowest BCUT2D eigenvalue weighted by molar-refractivity contribution is -0.121. The van der Waals surface area contributed by atoms with Crippen LogP contribution in [-0.2, 0) is 24.4 Å². The van der Waals surface area contributed by atoms with E-state index in [0.717, 1.165) is 17.8 Å². The van der Waals surface area contributed by atoms with Crippen LogP contribution in [0.15, 0.2) is 47.3 Å². The number of hydrogen-bond donors (Lipinski definition) is 1. The fraction of sp³-hybridized carbons (Fsp3) is 0.429. The Morgan fingerprint density at radius 1 is 1.04 bits per heavy atom. The Morgan fingerprint density at radius 2 is 1.73 bits per heavy atom. The summed E-state index contributed by atoms with van der Waals surface area (Å²) in [5, 5.41) is 2.94. The minimum Gasteiger partial charge on any atom is -0.352 e. The molecule has 5 heteroatoms. The standard InChI is InChI=1S/C21H27N3O2/c1-17-5-4-6-21(26)24(17)14-11-20(25)22-15-18-7-9-19(10-8-18)16-23-12-2-3-13-23/h4-10H,2-3,11-16H2,1H3,(H,22,25). The number of nitrogens with one attached hydrogen (secondary N) is 1. The van der Waals surface area contributed by atoms with Gasteiger partial charge in [-0.3, -0.25) is 14.5 Å². The van der Waals surface area contributed by atoms with Crippen molar-refractivity contribution in [1.82, 2.24) is 14.8 Å². The number of carbonyl (C=O) groups excluding carboxylic acids is 1. The molecule has 2 aromatic rings. The number of pyridine rings is 1. The number of aryl methyl sites for hydroxylation is 1. The highest BCUT2D eigenvalue weighted by Crippen LogP contribution is 2.13. The van der Waals surface area contributed by atoms with Gasteiger partial charge in [0.05, 0.1) is 0 Å². The van der Waals surface area contributed by atoms with E-state index in [9.17, 15) is 9.59 Å². The average Bonchev–Trinajstić information content (AvgIpc) is 3.14. The normalized spacial score (nSPS) is 14.5. The molecule has 1 amide bonds. The third kappa shape index (κ3) is 5.05. The van der Waals surface area contributed by atoms with Crippen LogP contribution in [0.4, 0.5) is 0 Å². The highest BCUT2D eigenvalue weighted by Gasteiger charge is 2.11. The molecule has 1 saturated heterocycles. The van der Waals surface area contributed by atoms with Crippen LogP contribution in [-0.4, -0.2) is 28.5 Å². The number of carbonyl (C=O) groups is 1. The van der Waals surface area contributed by atoms with Crippen LogP contribution in [0.2, 0.25) is 0 Å². The van der Waals surface area contributed by atoms with E-state index in [-0.39, 0.29) is 11.5 Å². The van der Waals surface area contributed by atoms with Gasteiger partial charge in [0.25, 0.3) is 5.56 Å². The van der Waals surface area contributed by atoms with Gasteiger partial charge in [0.15, 0.2) is 0 Å². The van der Waals surface area contributed by atoms with E-state index < -0.39 is 0 Å². The molecule has 5 nitrogen and oxygen atoms in total. The van der Waals surface area contributed by atoms with E-state index in [1.165, 1.54) is 37.6 Å². The summed E-state index contributed by atoms with van der Waals surface area (Å²) < 4.78 is 1.63. The molecule has 1 aliphatic heterocycles. The summed E-state index contributed by atoms with van der Waals surface area (Å²) in [7, 11) is 0. The van der Waals surface area contributed by atoms with Crippen LogP contribution in [0.3, 0.4) is 0 Å². The largest absolute Gasteiger partial charge is 0.352 e. The van der Waals surface area contributed by atoms with Gasteiger partial charge in [0.2, 0.25) is 5.91 Å². The van der Waals surface area contributed by atoms with Crippen molar-refractivity contribution in [3.05, 3.63) is 69.6 Å². The van der Waals surface area contributed by atoms with E-state index in [1.54, 1.807) is 10.6 Å². The second kappa shape index (κ2) is 8.81. The molecule has 138 valence electrons. The van der Waals surface area contributed by atoms with Crippen molar-refractivity contribution < 1.29 is 4.79 Å². The van der Waals surface area contributed by atoms with Gasteiger partial charge in [0.1, 0.15) is 0 Å². The van der Waals surface area contributed by atoms with Crippen molar-refractivity contribution in [2.75, 3.05) is 13.1 Å². The first-order valence-electron chi connectivity index (χ1n) is 9.35. The lowest BCUT2D eigenvalue weighted by Crippen LogP contribution is -2.27. The molecule has 1 aromatic carbocycles. The van der Waals surface area contributed by atoms with Crippen molar-refractivity contribution >= 4 is 5.91 Å². The van der Waals surface area contributed by atoms with Crippen molar-refractivity contribution in [2.24, 2.45) is 0 Å². The number of amides is 1. The average molecular weight is 353 g/mol. The zero-order valence-electron chi connectivity index (χ0n) is 15.4. The fourth-order valence-electron chi connectivity index (χ4n) is 3.37. The van der Waals surface area contributed by atoms with Crippen molar-refractivity contribution in [3.8, 4) is 0 Å². The molecule has 3 rings (SSSR count). The zero-order chi connectivity index (χ0) is 18.4. The zero-order valence-corrected chi connectivity index (χ0v) is 15.4. The van der Waals surface area contributed by atoms with Crippen LogP contribution in [0.5, 0.6) is 0 Å². The number of aromatic nitrogens is 1. The molecule has 0 bridgehead atoms. The van der Waals surface area contributed by atoms with Crippen LogP contribution in [0.1, 0.15) is 36.1 Å². The Balaban J connectivity index is 1.44. The highest BCUT2D eigenvalue weighted by atomic mass is 16.1. The summed E-state index contributed by atoms with van der Waals surface area (Å²) in [5.74, 6) is -0.0405. The third-order valence-electron chi connectivity index (χ3n) is 4.95. The monoisotopic (exact) mass is 353 g/mol. The predicted molar refractivity (Wildman–Crippen MR) is 103 cm³/mol. The smallest absolute Gasteiger partial charge is 0.250 e. The fourth-order valence-corrected chi connectivity index (χ4v) is 3.37. The Hall–Kier alpha value is -2.40. The molecule has 1 N–H and O–H groups in total. The molecule has 0 spiro atoms. The van der Waals surface area contributed by atoms with Gasteiger partial charge in [-0.25, -0.2) is 0 Å². The van der Waals surface area contributed by atoms with Gasteiger partial charge in [-0.05, 0) is 50.0 Å². The first-order chi connectivity index (χ1) is 12.6. The van der Waals surface area contributed by atoms with E-state index >= 15 is 0 Å². The van der Waals surface area contributed by atoms with Gasteiger partial charge < -0.3 is 9.88 Å². The minimum absolute atomic E-state index is 0.0405. The Bertz CT molecular complexity index is 790. The van der Waals surface area contributed by atoms with Crippen LogP contribution >= 0.6 is 0 Å². The lowest BCUT2D eigenvalue weighted by Gasteiger charge is -2.14. The Kier molecular flexibility index (Phi) is 6.23. The van der Waals surface area contributed by atoms with Gasteiger partial charge in [-0.15, -0.1) is 0 Å². The van der Waals surface area contributed by atoms with Crippen molar-refractivity contribution in [3.63, 3.8) is 0 Å². The number of nitrogens with zero attached hydrogens (tertiary/aromatic N) is 2. The minimum atomic E-state index is -0.0635. The maximum absolute atomic E-state index is 12.1. The second-order valence-electron chi connectivity index (χ2n) is 6.98. The SMILES string of the molecule is Cc1cccc(=O)n1CCC(=O)NCc1ccc(CN2CCCC2)cc1. The number of likely N-dealkylation sites (tertiary alicyclic amines) is 1. The highest BCUT2D eigenvalue weighted by molar-refractivity contribution is 5.75. The van der Waals surface area contributed by atoms with Gasteiger partial charge >= 0.3 is 0 Å². The van der Waals surface area contributed by atoms with E-state index in [4.69, 9.17) is 0 Å². The maximum atomic E-state index is 12.1. The summed E-state index contributed by atoms with van der Waals surface area (Å²) in [6.07, 6.45) is 2.91. The quantitative estimate of drug-likeness (QED) is 0.832. The molecule has 0 radical (unpaired) electrons. The molecule has 1 fully saturated rings. The first kappa shape index (κ1) is 18.4. The molecule has 1 aliphatic rings. The summed E-state index contributed by atoms with van der Waals surface area (Å²) >= 11 is 0. The topological polar surface area (TPSA) is 54.3 Å². The molecule has 0 aliphatic carbocycles. The molecule has 1 aromatic heterocycles. The number of rotatable bonds is 7. The third-order valence-corrected chi connectivity index (χ3v) is 4.95. The predicted octanol–water partition coefficient (Wildman–Crippen LogP) is 2.46. The molecule has 0 atom stereocenters. The van der Waals surface area contributed by atoms with E-state index in [1.807, 2.05) is 13.0 Å². The van der Waals surface area contributed by atoms with Crippen LogP contribution in [0.25, 0.3) is 0 Å². The molecular weight excluding hydrogens is 326 g/mol. The Morgan fingerprint density at radius 3 is 2.42 bits per heavy atom. The first-order valence-corrected chi connectivity index (χ1v) is 9.35. The molecule has 0 unspecified atom stereocenters. The summed E-state index contributed by atoms with van der Waals surface area (Å²) in [4.78, 5) is 26.4. The van der Waals surface area contributed by atoms with E-state index in [2.05, 4.69) is 34.5 Å². The summed E-state index contributed by atoms with van der Waals surface area (Å²) in [6, 6.07) is 13.6. The van der Waals surface area contributed by atoms with Gasteiger partial charge in [0, 0.05) is 37.8 Å². The maximum Gasteiger partial charge on any atom is 0.250 e. The lowest BCUT2D eigenvalue weighted by atomic mass is 10.1. The Labute approximate surface area is 154 Å². The van der Waals surface area contributed by atoms with Gasteiger partial charge in [-0.1, -0.05) is 30.3 Å². The summed E-state index contributed by atoms with van der Waals surface area (Å²) in [6.45, 7) is 6.21. The number of benzene rings is 1. The second-order valence-corrected chi connectivity index (χ2v) is 6.98. The van der Waals surface area contributed by atoms with Crippen LogP contribution in [0, 0.1) is 6.92 Å². The van der Waals surface area contributed by atoms with Crippen LogP contribution < -0.4 is 10.9 Å². The van der Waals surface area contributed by atoms with Crippen molar-refractivity contribution in [2.45, 2.75) is 45.8 Å². The summed E-state index contributed by atoms with van der Waals surface area (Å²) in [5.41, 5.74) is 3.22. The van der Waals surface area contributed by atoms with E-state index in [0.29, 0.717) is 19.5 Å². The molecule has 2 heterocycles. The van der Waals surface area contributed by atoms with Crippen molar-refractivity contribution in [1.29, 1.82) is 0 Å². The molecule has 0 saturated carbocycles. The van der Waals surface area contributed by atoms with Gasteiger partial charge in [-0.2, -0.15) is 0 Å². The molecule has 26 heavy (non-hydrogen) atoms. The number of hydrogen-bond acceptors (Lipinski definition) is 3.